The van der Waals surface area contributed by atoms with Crippen LogP contribution in [0.2, 0.25) is 0 Å². The monoisotopic (exact) mass is 250 g/mol. The average Bonchev–Trinajstić information content (AvgIpc) is 3.05. The molecule has 0 aromatic heterocycles. The van der Waals surface area contributed by atoms with E-state index in [9.17, 15) is 0 Å². The smallest absolute Gasteiger partial charge is 0.0133 e. The average molecular weight is 250 g/mol. The highest BCUT2D eigenvalue weighted by atomic mass is 14.4. The van der Waals surface area contributed by atoms with Gasteiger partial charge < -0.3 is 0 Å². The topological polar surface area (TPSA) is 0 Å². The second-order valence-electron chi connectivity index (χ2n) is 6.51. The van der Waals surface area contributed by atoms with E-state index in [1.54, 1.807) is 11.1 Å². The molecule has 2 fully saturated rings. The normalized spacial score (nSPS) is 32.5. The number of hydrogen-bond donors (Lipinski definition) is 0. The van der Waals surface area contributed by atoms with Crippen LogP contribution in [0.25, 0.3) is 0 Å². The first-order valence-electron chi connectivity index (χ1n) is 7.86. The molecular weight excluding hydrogens is 228 g/mol. The Kier molecular flexibility index (Phi) is 2.83. The van der Waals surface area contributed by atoms with E-state index in [2.05, 4.69) is 42.5 Å². The van der Waals surface area contributed by atoms with Crippen LogP contribution in [0.5, 0.6) is 0 Å². The number of rotatable bonds is 2. The van der Waals surface area contributed by atoms with E-state index >= 15 is 0 Å². The van der Waals surface area contributed by atoms with Gasteiger partial charge in [-0.25, -0.2) is 0 Å². The number of benzene rings is 1. The Hall–Kier alpha value is -1.30. The summed E-state index contributed by atoms with van der Waals surface area (Å²) >= 11 is 0. The van der Waals surface area contributed by atoms with Crippen molar-refractivity contribution in [2.24, 2.45) is 17.8 Å². The molecule has 3 unspecified atom stereocenters. The minimum atomic E-state index is 0.831. The highest BCUT2D eigenvalue weighted by molar-refractivity contribution is 5.40. The molecule has 3 aliphatic rings. The molecule has 0 amide bonds. The summed E-state index contributed by atoms with van der Waals surface area (Å²) < 4.78 is 0. The SMILES string of the molecule is C1=C2CCCC2=CC2C1CCC2Cc1ccccc1. The zero-order valence-electron chi connectivity index (χ0n) is 11.5. The predicted molar refractivity (Wildman–Crippen MR) is 79.9 cm³/mol. The Labute approximate surface area is 116 Å². The zero-order chi connectivity index (χ0) is 12.7. The van der Waals surface area contributed by atoms with Crippen LogP contribution in [0.3, 0.4) is 0 Å². The third-order valence-electron chi connectivity index (χ3n) is 5.36. The molecular formula is C19H22. The van der Waals surface area contributed by atoms with Gasteiger partial charge in [0.05, 0.1) is 0 Å². The van der Waals surface area contributed by atoms with Gasteiger partial charge in [0.2, 0.25) is 0 Å². The molecule has 0 N–H and O–H groups in total. The molecule has 3 aliphatic carbocycles. The molecule has 0 bridgehead atoms. The lowest BCUT2D eigenvalue weighted by molar-refractivity contribution is 0.413. The first-order chi connectivity index (χ1) is 9.40. The Morgan fingerprint density at radius 2 is 1.68 bits per heavy atom. The zero-order valence-corrected chi connectivity index (χ0v) is 11.5. The van der Waals surface area contributed by atoms with Crippen molar-refractivity contribution >= 4 is 0 Å². The molecule has 0 spiro atoms. The van der Waals surface area contributed by atoms with Crippen LogP contribution in [0.4, 0.5) is 0 Å². The summed E-state index contributed by atoms with van der Waals surface area (Å²) in [6, 6.07) is 11.1. The van der Waals surface area contributed by atoms with Gasteiger partial charge in [0, 0.05) is 0 Å². The first-order valence-corrected chi connectivity index (χ1v) is 7.86. The van der Waals surface area contributed by atoms with Crippen LogP contribution in [-0.2, 0) is 6.42 Å². The van der Waals surface area contributed by atoms with Crippen molar-refractivity contribution in [2.45, 2.75) is 38.5 Å². The summed E-state index contributed by atoms with van der Waals surface area (Å²) in [5, 5.41) is 0. The van der Waals surface area contributed by atoms with Crippen molar-refractivity contribution in [1.82, 2.24) is 0 Å². The molecule has 0 saturated heterocycles. The van der Waals surface area contributed by atoms with Crippen molar-refractivity contribution in [3.8, 4) is 0 Å². The Balaban J connectivity index is 1.55. The van der Waals surface area contributed by atoms with Crippen LogP contribution in [0.15, 0.2) is 53.6 Å². The minimum Gasteiger partial charge on any atom is -0.0773 e. The third-order valence-corrected chi connectivity index (χ3v) is 5.36. The van der Waals surface area contributed by atoms with E-state index < -0.39 is 0 Å². The molecule has 19 heavy (non-hydrogen) atoms. The van der Waals surface area contributed by atoms with Gasteiger partial charge in [-0.1, -0.05) is 42.5 Å². The van der Waals surface area contributed by atoms with Crippen LogP contribution >= 0.6 is 0 Å². The van der Waals surface area contributed by atoms with Crippen molar-refractivity contribution in [3.63, 3.8) is 0 Å². The Morgan fingerprint density at radius 3 is 2.53 bits per heavy atom. The van der Waals surface area contributed by atoms with E-state index in [0.29, 0.717) is 0 Å². The summed E-state index contributed by atoms with van der Waals surface area (Å²) in [7, 11) is 0. The Bertz CT molecular complexity index is 520. The lowest BCUT2D eigenvalue weighted by atomic mass is 9.79. The van der Waals surface area contributed by atoms with Crippen LogP contribution < -0.4 is 0 Å². The lowest BCUT2D eigenvalue weighted by Crippen LogP contribution is -2.17. The van der Waals surface area contributed by atoms with E-state index in [1.165, 1.54) is 44.1 Å². The second kappa shape index (κ2) is 4.67. The van der Waals surface area contributed by atoms with Gasteiger partial charge in [-0.3, -0.25) is 0 Å². The van der Waals surface area contributed by atoms with Crippen molar-refractivity contribution in [2.75, 3.05) is 0 Å². The van der Waals surface area contributed by atoms with Crippen LogP contribution in [0.1, 0.15) is 37.7 Å². The van der Waals surface area contributed by atoms with Gasteiger partial charge in [0.1, 0.15) is 0 Å². The fraction of sp³-hybridized carbons (Fsp3) is 0.474. The standard InChI is InChI=1S/C19H22/c1-2-5-14(6-3-1)11-17-9-10-18-12-15-7-4-8-16(15)13-19(17)18/h1-3,5-6,12-13,17-19H,4,7-11H2. The molecule has 0 radical (unpaired) electrons. The molecule has 1 aromatic carbocycles. The largest absolute Gasteiger partial charge is 0.0773 e. The maximum Gasteiger partial charge on any atom is -0.0133 e. The third kappa shape index (κ3) is 2.08. The molecule has 0 aliphatic heterocycles. The molecule has 0 heterocycles. The molecule has 0 heteroatoms. The predicted octanol–water partition coefficient (Wildman–Crippen LogP) is 4.92. The summed E-state index contributed by atoms with van der Waals surface area (Å²) in [6.45, 7) is 0. The van der Waals surface area contributed by atoms with Crippen molar-refractivity contribution < 1.29 is 0 Å². The number of allylic oxidation sites excluding steroid dienone is 4. The minimum absolute atomic E-state index is 0.831. The van der Waals surface area contributed by atoms with E-state index in [0.717, 1.165) is 17.8 Å². The Morgan fingerprint density at radius 1 is 0.895 bits per heavy atom. The summed E-state index contributed by atoms with van der Waals surface area (Å²) in [5.41, 5.74) is 4.91. The van der Waals surface area contributed by atoms with E-state index in [4.69, 9.17) is 0 Å². The fourth-order valence-corrected chi connectivity index (χ4v) is 4.41. The molecule has 3 atom stereocenters. The summed E-state index contributed by atoms with van der Waals surface area (Å²) in [6.07, 6.45) is 13.5. The molecule has 0 nitrogen and oxygen atoms in total. The highest BCUT2D eigenvalue weighted by Gasteiger charge is 2.37. The van der Waals surface area contributed by atoms with Gasteiger partial charge in [-0.05, 0) is 73.0 Å². The summed E-state index contributed by atoms with van der Waals surface area (Å²) in [4.78, 5) is 0. The maximum absolute atomic E-state index is 2.66. The molecule has 4 rings (SSSR count). The van der Waals surface area contributed by atoms with Gasteiger partial charge in [-0.2, -0.15) is 0 Å². The molecule has 2 saturated carbocycles. The summed E-state index contributed by atoms with van der Waals surface area (Å²) in [5.74, 6) is 2.56. The quantitative estimate of drug-likeness (QED) is 0.698. The number of hydrogen-bond acceptors (Lipinski definition) is 0. The molecule has 98 valence electrons. The van der Waals surface area contributed by atoms with Gasteiger partial charge in [0.25, 0.3) is 0 Å². The first kappa shape index (κ1) is 11.5. The van der Waals surface area contributed by atoms with Crippen molar-refractivity contribution in [3.05, 3.63) is 59.2 Å². The lowest BCUT2D eigenvalue weighted by Gasteiger charge is -2.25. The van der Waals surface area contributed by atoms with Gasteiger partial charge >= 0.3 is 0 Å². The van der Waals surface area contributed by atoms with Crippen LogP contribution in [0, 0.1) is 17.8 Å². The van der Waals surface area contributed by atoms with Gasteiger partial charge in [-0.15, -0.1) is 0 Å². The van der Waals surface area contributed by atoms with Gasteiger partial charge in [0.15, 0.2) is 0 Å². The number of fused-ring (bicyclic) bond motifs is 2. The van der Waals surface area contributed by atoms with Crippen LogP contribution in [-0.4, -0.2) is 0 Å². The van der Waals surface area contributed by atoms with Crippen molar-refractivity contribution in [1.29, 1.82) is 0 Å². The molecule has 1 aromatic rings. The highest BCUT2D eigenvalue weighted by Crippen LogP contribution is 2.48. The second-order valence-corrected chi connectivity index (χ2v) is 6.51. The van der Waals surface area contributed by atoms with E-state index in [1.807, 2.05) is 0 Å². The maximum atomic E-state index is 2.66. The van der Waals surface area contributed by atoms with E-state index in [-0.39, 0.29) is 0 Å². The fourth-order valence-electron chi connectivity index (χ4n) is 4.41.